The predicted molar refractivity (Wildman–Crippen MR) is 103 cm³/mol. The summed E-state index contributed by atoms with van der Waals surface area (Å²) in [4.78, 5) is 17.4. The minimum absolute atomic E-state index is 0.0170. The molecule has 1 unspecified atom stereocenters. The van der Waals surface area contributed by atoms with Crippen molar-refractivity contribution in [1.29, 1.82) is 0 Å². The van der Waals surface area contributed by atoms with Crippen LogP contribution in [0.25, 0.3) is 5.82 Å². The molecule has 0 radical (unpaired) electrons. The third-order valence-corrected chi connectivity index (χ3v) is 6.46. The van der Waals surface area contributed by atoms with Gasteiger partial charge in [0.1, 0.15) is 5.82 Å². The highest BCUT2D eigenvalue weighted by Gasteiger charge is 2.43. The lowest BCUT2D eigenvalue weighted by atomic mass is 9.93. The van der Waals surface area contributed by atoms with Gasteiger partial charge in [0.05, 0.1) is 28.7 Å². The first-order valence-corrected chi connectivity index (χ1v) is 10.5. The van der Waals surface area contributed by atoms with Crippen molar-refractivity contribution >= 4 is 22.0 Å². The van der Waals surface area contributed by atoms with Crippen molar-refractivity contribution in [3.8, 4) is 5.82 Å². The van der Waals surface area contributed by atoms with Crippen molar-refractivity contribution in [2.24, 2.45) is 0 Å². The number of aryl methyl sites for hydroxylation is 1. The number of rotatable bonds is 3. The number of likely N-dealkylation sites (tertiary alicyclic amines) is 1. The molecule has 0 saturated carbocycles. The Morgan fingerprint density at radius 2 is 2.03 bits per heavy atom. The van der Waals surface area contributed by atoms with E-state index in [0.29, 0.717) is 31.5 Å². The lowest BCUT2D eigenvalue weighted by Crippen LogP contribution is -2.44. The fourth-order valence-corrected chi connectivity index (χ4v) is 4.71. The van der Waals surface area contributed by atoms with Gasteiger partial charge in [-0.25, -0.2) is 18.9 Å². The first-order valence-electron chi connectivity index (χ1n) is 9.74. The quantitative estimate of drug-likeness (QED) is 0.644. The molecule has 0 aromatic carbocycles. The number of fused-ring (bicyclic) bond motifs is 3. The van der Waals surface area contributed by atoms with Crippen molar-refractivity contribution in [3.63, 3.8) is 0 Å². The number of hydrogen-bond donors (Lipinski definition) is 1. The Bertz CT molecular complexity index is 989. The molecule has 1 amide bonds. The number of aliphatic hydroxyl groups is 1. The topological polar surface area (TPSA) is 80.5 Å². The van der Waals surface area contributed by atoms with E-state index in [1.165, 1.54) is 11.0 Å². The fraction of sp³-hybridized carbons (Fsp3) is 0.526. The number of ether oxygens (including phenoxy) is 1. The number of nitrogens with zero attached hydrogens (tertiary/aromatic N) is 4. The standard InChI is InChI=1S/C19H19BrF4N4O3/c20-15-13-2-1-11-7-12(21)8-25-17(11)28(13)26-16(15)10-3-5-27(6-4-10)18(30)31-14(9-29)19(22,23)24/h7-8,10,14,29H,1-6,9H2. The summed E-state index contributed by atoms with van der Waals surface area (Å²) in [6.07, 6.45) is -5.03. The summed E-state index contributed by atoms with van der Waals surface area (Å²) in [6, 6.07) is 1.45. The van der Waals surface area contributed by atoms with Gasteiger partial charge in [0.2, 0.25) is 6.10 Å². The van der Waals surface area contributed by atoms with Gasteiger partial charge in [-0.05, 0) is 47.7 Å². The van der Waals surface area contributed by atoms with Gasteiger partial charge in [0.25, 0.3) is 0 Å². The van der Waals surface area contributed by atoms with Crippen molar-refractivity contribution < 1.29 is 32.2 Å². The Kier molecular flexibility index (Phi) is 5.95. The molecule has 1 atom stereocenters. The van der Waals surface area contributed by atoms with E-state index in [4.69, 9.17) is 5.11 Å². The van der Waals surface area contributed by atoms with Gasteiger partial charge >= 0.3 is 12.3 Å². The van der Waals surface area contributed by atoms with Crippen LogP contribution in [0.1, 0.15) is 35.7 Å². The molecule has 168 valence electrons. The summed E-state index contributed by atoms with van der Waals surface area (Å²) in [5.41, 5.74) is 2.49. The molecule has 1 saturated heterocycles. The number of alkyl halides is 3. The molecule has 2 aliphatic rings. The van der Waals surface area contributed by atoms with Gasteiger partial charge in [0.15, 0.2) is 5.82 Å². The Balaban J connectivity index is 1.46. The van der Waals surface area contributed by atoms with E-state index in [0.717, 1.165) is 27.6 Å². The number of hydrogen-bond acceptors (Lipinski definition) is 5. The second kappa shape index (κ2) is 8.38. The van der Waals surface area contributed by atoms with E-state index in [2.05, 4.69) is 30.7 Å². The monoisotopic (exact) mass is 506 g/mol. The first-order chi connectivity index (χ1) is 14.7. The number of piperidine rings is 1. The summed E-state index contributed by atoms with van der Waals surface area (Å²) < 4.78 is 58.6. The number of aromatic nitrogens is 3. The van der Waals surface area contributed by atoms with Crippen LogP contribution in [0.15, 0.2) is 16.7 Å². The Morgan fingerprint density at radius 3 is 2.68 bits per heavy atom. The van der Waals surface area contributed by atoms with E-state index in [1.54, 1.807) is 4.68 Å². The average molecular weight is 507 g/mol. The minimum atomic E-state index is -4.82. The summed E-state index contributed by atoms with van der Waals surface area (Å²) in [5, 5.41) is 13.5. The number of carbonyl (C=O) groups is 1. The largest absolute Gasteiger partial charge is 0.434 e. The molecule has 0 bridgehead atoms. The SMILES string of the molecule is O=C(OC(CO)C(F)(F)F)N1CCC(c2nn3c(c2Br)CCc2cc(F)cnc2-3)CC1. The lowest BCUT2D eigenvalue weighted by Gasteiger charge is -2.32. The van der Waals surface area contributed by atoms with Gasteiger partial charge in [-0.3, -0.25) is 0 Å². The van der Waals surface area contributed by atoms with E-state index in [9.17, 15) is 22.4 Å². The fourth-order valence-electron chi connectivity index (χ4n) is 3.95. The summed E-state index contributed by atoms with van der Waals surface area (Å²) in [7, 11) is 0. The molecule has 7 nitrogen and oxygen atoms in total. The van der Waals surface area contributed by atoms with Crippen LogP contribution in [0.5, 0.6) is 0 Å². The van der Waals surface area contributed by atoms with E-state index < -0.39 is 30.8 Å². The molecule has 4 heterocycles. The van der Waals surface area contributed by atoms with Crippen molar-refractivity contribution in [2.45, 2.75) is 43.9 Å². The number of aliphatic hydroxyl groups excluding tert-OH is 1. The van der Waals surface area contributed by atoms with Crippen LogP contribution in [0, 0.1) is 5.82 Å². The van der Waals surface area contributed by atoms with Crippen molar-refractivity contribution in [3.05, 3.63) is 39.5 Å². The maximum absolute atomic E-state index is 13.5. The normalized spacial score (nSPS) is 17.8. The molecule has 12 heteroatoms. The second-order valence-electron chi connectivity index (χ2n) is 7.55. The van der Waals surface area contributed by atoms with Crippen molar-refractivity contribution in [2.75, 3.05) is 19.7 Å². The highest BCUT2D eigenvalue weighted by atomic mass is 79.9. The predicted octanol–water partition coefficient (Wildman–Crippen LogP) is 3.51. The van der Waals surface area contributed by atoms with Crippen LogP contribution in [-0.2, 0) is 17.6 Å². The average Bonchev–Trinajstić information content (AvgIpc) is 3.07. The molecule has 2 aliphatic heterocycles. The zero-order chi connectivity index (χ0) is 22.3. The smallest absolute Gasteiger partial charge is 0.427 e. The minimum Gasteiger partial charge on any atom is -0.434 e. The van der Waals surface area contributed by atoms with Crippen LogP contribution >= 0.6 is 15.9 Å². The highest BCUT2D eigenvalue weighted by Crippen LogP contribution is 2.38. The third-order valence-electron chi connectivity index (χ3n) is 5.60. The Hall–Kier alpha value is -2.21. The van der Waals surface area contributed by atoms with Crippen LogP contribution in [0.2, 0.25) is 0 Å². The van der Waals surface area contributed by atoms with E-state index >= 15 is 0 Å². The molecule has 1 N–H and O–H groups in total. The molecule has 2 aromatic heterocycles. The molecule has 2 aromatic rings. The molecule has 0 aliphatic carbocycles. The summed E-state index contributed by atoms with van der Waals surface area (Å²) in [5.74, 6) is 0.163. The zero-order valence-corrected chi connectivity index (χ0v) is 17.8. The third kappa shape index (κ3) is 4.27. The first kappa shape index (κ1) is 22.0. The van der Waals surface area contributed by atoms with Crippen molar-refractivity contribution in [1.82, 2.24) is 19.7 Å². The second-order valence-corrected chi connectivity index (χ2v) is 8.34. The number of carbonyl (C=O) groups excluding carboxylic acids is 1. The summed E-state index contributed by atoms with van der Waals surface area (Å²) >= 11 is 3.60. The number of halogens is 5. The zero-order valence-electron chi connectivity index (χ0n) is 16.2. The molecule has 4 rings (SSSR count). The van der Waals surface area contributed by atoms with Gasteiger partial charge in [0, 0.05) is 24.6 Å². The Labute approximate surface area is 183 Å². The molecule has 1 fully saturated rings. The van der Waals surface area contributed by atoms with Crippen LogP contribution < -0.4 is 0 Å². The van der Waals surface area contributed by atoms with E-state index in [1.807, 2.05) is 0 Å². The van der Waals surface area contributed by atoms with Crippen LogP contribution in [-0.4, -0.2) is 62.8 Å². The van der Waals surface area contributed by atoms with Gasteiger partial charge < -0.3 is 14.7 Å². The highest BCUT2D eigenvalue weighted by molar-refractivity contribution is 9.10. The molecule has 31 heavy (non-hydrogen) atoms. The molecular weight excluding hydrogens is 488 g/mol. The molecular formula is C19H19BrF4N4O3. The van der Waals surface area contributed by atoms with Gasteiger partial charge in [-0.1, -0.05) is 0 Å². The summed E-state index contributed by atoms with van der Waals surface area (Å²) in [6.45, 7) is -0.916. The maximum Gasteiger partial charge on any atom is 0.427 e. The van der Waals surface area contributed by atoms with Gasteiger partial charge in [-0.15, -0.1) is 0 Å². The Morgan fingerprint density at radius 1 is 1.32 bits per heavy atom. The van der Waals surface area contributed by atoms with Gasteiger partial charge in [-0.2, -0.15) is 18.3 Å². The molecule has 0 spiro atoms. The maximum atomic E-state index is 13.5. The number of pyridine rings is 1. The van der Waals surface area contributed by atoms with Crippen LogP contribution in [0.3, 0.4) is 0 Å². The van der Waals surface area contributed by atoms with Crippen LogP contribution in [0.4, 0.5) is 22.4 Å². The van der Waals surface area contributed by atoms with E-state index in [-0.39, 0.29) is 19.0 Å². The number of amides is 1. The lowest BCUT2D eigenvalue weighted by molar-refractivity contribution is -0.214.